The monoisotopic (exact) mass is 1520 g/mol. The van der Waals surface area contributed by atoms with Crippen LogP contribution in [-0.4, -0.2) is 500 Å². The normalized spacial score (nSPS) is 14.0. The molecule has 7 unspecified atom stereocenters. The predicted octanol–water partition coefficient (Wildman–Crippen LogP) is -17.5. The van der Waals surface area contributed by atoms with Gasteiger partial charge >= 0.3 is 0 Å². The van der Waals surface area contributed by atoms with E-state index in [2.05, 4.69) is 0 Å². The third-order valence-electron chi connectivity index (χ3n) is 14.5. The van der Waals surface area contributed by atoms with E-state index in [9.17, 15) is 40.9 Å². The van der Waals surface area contributed by atoms with Crippen LogP contribution < -0.4 is 0 Å². The van der Waals surface area contributed by atoms with E-state index in [1.54, 1.807) is 11.8 Å². The van der Waals surface area contributed by atoms with Crippen LogP contribution in [0.1, 0.15) is 35.1 Å². The van der Waals surface area contributed by atoms with Crippen LogP contribution in [0.4, 0.5) is 0 Å². The first-order valence-corrected chi connectivity index (χ1v) is 30.9. The van der Waals surface area contributed by atoms with Crippen LogP contribution in [0.2, 0.25) is 0 Å². The van der Waals surface area contributed by atoms with Crippen LogP contribution in [0.5, 0.6) is 0 Å². The van der Waals surface area contributed by atoms with E-state index in [1.165, 1.54) is 0 Å². The second-order valence-electron chi connectivity index (χ2n) is 23.5. The van der Waals surface area contributed by atoms with Gasteiger partial charge in [0.1, 0.15) is 49.0 Å². The molecule has 42 heteroatoms. The first-order valence-electron chi connectivity index (χ1n) is 30.9. The zero-order valence-electron chi connectivity index (χ0n) is 57.0. The zero-order chi connectivity index (χ0) is 78.8. The van der Waals surface area contributed by atoms with E-state index in [1.807, 2.05) is 6.92 Å². The molecular weight excluding hydrogens is 1380 g/mol. The quantitative estimate of drug-likeness (QED) is 0.0252. The number of aliphatic hydroxyl groups excluding tert-OH is 37. The average molecular weight is 1520 g/mol. The number of nitrogens with zero attached hydrogens (tertiary/aromatic N) is 1. The molecule has 0 saturated carbocycles. The number of rotatable bonds is 52. The topological polar surface area (TPSA) is 789 Å². The van der Waals surface area contributed by atoms with Gasteiger partial charge in [0, 0.05) is 18.5 Å². The van der Waals surface area contributed by atoms with Gasteiger partial charge in [0.05, 0.1) is 277 Å². The molecule has 0 amide bonds. The van der Waals surface area contributed by atoms with Crippen molar-refractivity contribution in [1.29, 1.82) is 0 Å². The van der Waals surface area contributed by atoms with Gasteiger partial charge in [-0.15, -0.1) is 0 Å². The smallest absolute Gasteiger partial charge is 0.111 e. The summed E-state index contributed by atoms with van der Waals surface area (Å²) in [6, 6.07) is 0. The SMILES string of the molecule is C.C.CC(O)N(CCO)CCO.CCC(CO)(CO)CO.OCC(CO)(CO)CO.OCC(CO)(CO)COCC(CO)(CO)CO.OCC(CO)(CO)COCC(CO)(CO)COCC(CO)(CO)CO.OCC(O)C(O)C(O)C(O)CO.OCC(O)CO.OCC(O)COCC(O)CO. The van der Waals surface area contributed by atoms with Crippen LogP contribution in [0.3, 0.4) is 0 Å². The van der Waals surface area contributed by atoms with Crippen molar-refractivity contribution in [2.24, 2.45) is 37.9 Å². The minimum Gasteiger partial charge on any atom is -0.396 e. The minimum absolute atomic E-state index is 0. The molecule has 0 aromatic carbocycles. The van der Waals surface area contributed by atoms with E-state index in [4.69, 9.17) is 167 Å². The molecule has 101 heavy (non-hydrogen) atoms. The van der Waals surface area contributed by atoms with Gasteiger partial charge in [-0.25, -0.2) is 0 Å². The van der Waals surface area contributed by atoms with Gasteiger partial charge in [-0.3, -0.25) is 4.90 Å². The van der Waals surface area contributed by atoms with Crippen molar-refractivity contribution < 1.29 is 208 Å². The molecule has 0 aromatic rings. The molecule has 42 nitrogen and oxygen atoms in total. The van der Waals surface area contributed by atoms with Crippen LogP contribution >= 0.6 is 0 Å². The Morgan fingerprint density at radius 3 is 0.574 bits per heavy atom. The summed E-state index contributed by atoms with van der Waals surface area (Å²) in [7, 11) is 0. The number of hydrogen-bond donors (Lipinski definition) is 37. The van der Waals surface area contributed by atoms with E-state index in [-0.39, 0.29) is 127 Å². The molecular formula is C59H139NO41. The highest BCUT2D eigenvalue weighted by Gasteiger charge is 2.37. The summed E-state index contributed by atoms with van der Waals surface area (Å²) in [4.78, 5) is 1.58. The molecule has 0 radical (unpaired) electrons. The molecule has 626 valence electrons. The van der Waals surface area contributed by atoms with Gasteiger partial charge in [0.2, 0.25) is 0 Å². The molecule has 0 aliphatic carbocycles. The van der Waals surface area contributed by atoms with E-state index < -0.39 is 219 Å². The highest BCUT2D eigenvalue weighted by molar-refractivity contribution is 4.84. The lowest BCUT2D eigenvalue weighted by Crippen LogP contribution is -2.46. The molecule has 0 aromatic heterocycles. The standard InChI is InChI=1S/C15H32O10.C10H22O7.C6H15NO3.C6H14O6.C6H14O5.C6H14O3.C5H12O4.C3H8O3.2CH4/c16-1-13(2-17,3-18)9-24-11-15(7-22,8-23)12-25-10-14(4-19,5-20)6-21;11-1-9(2-12,3-13)7-17-8-10(4-14,5-15)6-16;1-6(10)7(2-4-8)3-5-9;7-1-3(9)5(11)6(12)4(10)2-8;7-1-5(9)3-11-4-6(10)2-8;1-2-6(3-7,4-8)5-9;6-1-5(2-7,3-8)4-9;4-1-3(6)2-5;;/h16-23H,1-12H2;11-16H,1-8H2;6,8-10H,2-5H2,1H3;3-12H,1-2H2;5-10H,1-4H2;7-9H,2-5H2,1H3;6-9H,1-4H2;3-6H,1-2H2;2*1H4. The predicted molar refractivity (Wildman–Crippen MR) is 355 cm³/mol. The molecule has 0 rings (SSSR count). The molecule has 0 spiro atoms. The third-order valence-corrected chi connectivity index (χ3v) is 14.5. The van der Waals surface area contributed by atoms with Gasteiger partial charge in [-0.05, 0) is 13.3 Å². The van der Waals surface area contributed by atoms with Gasteiger partial charge in [0.25, 0.3) is 0 Å². The highest BCUT2D eigenvalue weighted by atomic mass is 16.5. The lowest BCUT2D eigenvalue weighted by molar-refractivity contribution is -0.127. The largest absolute Gasteiger partial charge is 0.396 e. The molecule has 7 atom stereocenters. The summed E-state index contributed by atoms with van der Waals surface area (Å²) < 4.78 is 20.6. The molecule has 37 N–H and O–H groups in total. The van der Waals surface area contributed by atoms with Crippen molar-refractivity contribution in [2.45, 2.75) is 84.1 Å². The first kappa shape index (κ1) is 120. The Morgan fingerprint density at radius 2 is 0.455 bits per heavy atom. The fourth-order valence-corrected chi connectivity index (χ4v) is 5.58. The van der Waals surface area contributed by atoms with Gasteiger partial charge < -0.3 is 208 Å². The van der Waals surface area contributed by atoms with E-state index in [0.717, 1.165) is 0 Å². The van der Waals surface area contributed by atoms with Crippen molar-refractivity contribution in [3.8, 4) is 0 Å². The molecule has 0 aliphatic heterocycles. The van der Waals surface area contributed by atoms with Crippen LogP contribution in [0, 0.1) is 37.9 Å². The van der Waals surface area contributed by atoms with Crippen molar-refractivity contribution in [3.63, 3.8) is 0 Å². The van der Waals surface area contributed by atoms with Crippen molar-refractivity contribution in [3.05, 3.63) is 0 Å². The van der Waals surface area contributed by atoms with Crippen LogP contribution in [-0.2, 0) is 18.9 Å². The molecule has 0 aliphatic rings. The van der Waals surface area contributed by atoms with Crippen molar-refractivity contribution >= 4 is 0 Å². The summed E-state index contributed by atoms with van der Waals surface area (Å²) in [5, 5.41) is 325. The highest BCUT2D eigenvalue weighted by Crippen LogP contribution is 2.24. The zero-order valence-corrected chi connectivity index (χ0v) is 57.0. The van der Waals surface area contributed by atoms with Gasteiger partial charge in [-0.1, -0.05) is 21.8 Å². The Labute approximate surface area is 591 Å². The summed E-state index contributed by atoms with van der Waals surface area (Å²) in [6.45, 7) is -8.67. The fourth-order valence-electron chi connectivity index (χ4n) is 5.58. The maximum absolute atomic E-state index is 9.56. The summed E-state index contributed by atoms with van der Waals surface area (Å²) >= 11 is 0. The van der Waals surface area contributed by atoms with Crippen LogP contribution in [0.15, 0.2) is 0 Å². The summed E-state index contributed by atoms with van der Waals surface area (Å²) in [5.41, 5.74) is -7.79. The van der Waals surface area contributed by atoms with Crippen molar-refractivity contribution in [1.82, 2.24) is 4.90 Å². The van der Waals surface area contributed by atoms with E-state index >= 15 is 0 Å². The average Bonchev–Trinajstić information content (AvgIpc) is 0.878. The van der Waals surface area contributed by atoms with Crippen molar-refractivity contribution in [2.75, 3.05) is 258 Å². The first-order chi connectivity index (χ1) is 46.7. The number of hydrogen-bond acceptors (Lipinski definition) is 42. The van der Waals surface area contributed by atoms with Crippen LogP contribution in [0.25, 0.3) is 0 Å². The Hall–Kier alpha value is -1.68. The summed E-state index contributed by atoms with van der Waals surface area (Å²) in [5.74, 6) is 0. The Balaban J connectivity index is -0.000000121. The third kappa shape index (κ3) is 55.4. The fraction of sp³-hybridized carbons (Fsp3) is 1.00. The molecule has 0 fully saturated rings. The molecule has 0 saturated heterocycles. The Morgan fingerprint density at radius 1 is 0.257 bits per heavy atom. The maximum atomic E-state index is 9.56. The Bertz CT molecular complexity index is 1430. The Kier molecular flexibility index (Phi) is 89.5. The molecule has 0 heterocycles. The van der Waals surface area contributed by atoms with Gasteiger partial charge in [0.15, 0.2) is 0 Å². The van der Waals surface area contributed by atoms with E-state index in [0.29, 0.717) is 19.5 Å². The number of aliphatic hydroxyl groups is 37. The second-order valence-corrected chi connectivity index (χ2v) is 23.5. The minimum atomic E-state index is -1.67. The second kappa shape index (κ2) is 75.1. The lowest BCUT2D eigenvalue weighted by atomic mass is 9.88. The maximum Gasteiger partial charge on any atom is 0.111 e. The lowest BCUT2D eigenvalue weighted by Gasteiger charge is -2.34. The molecule has 0 bridgehead atoms. The van der Waals surface area contributed by atoms with Gasteiger partial charge in [-0.2, -0.15) is 0 Å². The summed E-state index contributed by atoms with van der Waals surface area (Å²) in [6.07, 6.45) is -9.18. The number of ether oxygens (including phenoxy) is 4.